The van der Waals surface area contributed by atoms with E-state index in [0.29, 0.717) is 0 Å². The second kappa shape index (κ2) is 5.14. The summed E-state index contributed by atoms with van der Waals surface area (Å²) < 4.78 is 2.20. The Bertz CT molecular complexity index is 712. The van der Waals surface area contributed by atoms with Crippen LogP contribution in [-0.4, -0.2) is 4.57 Å². The first-order valence-corrected chi connectivity index (χ1v) is 7.45. The van der Waals surface area contributed by atoms with Crippen LogP contribution < -0.4 is 0 Å². The predicted molar refractivity (Wildman–Crippen MR) is 83.7 cm³/mol. The molecule has 3 aromatic rings. The van der Waals surface area contributed by atoms with Gasteiger partial charge in [0.15, 0.2) is 0 Å². The molecule has 96 valence electrons. The van der Waals surface area contributed by atoms with Crippen LogP contribution in [0, 0.1) is 6.92 Å². The molecule has 2 aromatic carbocycles. The maximum Gasteiger partial charge on any atom is 0.0489 e. The van der Waals surface area contributed by atoms with Crippen molar-refractivity contribution in [3.05, 3.63) is 65.9 Å². The Labute approximate surface area is 118 Å². The van der Waals surface area contributed by atoms with Crippen molar-refractivity contribution in [3.63, 3.8) is 0 Å². The number of rotatable bonds is 3. The Kier molecular flexibility index (Phi) is 3.34. The number of para-hydroxylation sites is 1. The maximum atomic E-state index is 2.26. The molecule has 0 bridgehead atoms. The molecule has 0 spiro atoms. The lowest BCUT2D eigenvalue weighted by molar-refractivity contribution is 0.957. The number of aromatic nitrogens is 1. The molecule has 1 aromatic heterocycles. The van der Waals surface area contributed by atoms with Gasteiger partial charge in [0.2, 0.25) is 0 Å². The van der Waals surface area contributed by atoms with Crippen molar-refractivity contribution in [2.24, 2.45) is 7.05 Å². The molecule has 0 saturated heterocycles. The molecule has 0 amide bonds. The minimum absolute atomic E-state index is 1.02. The van der Waals surface area contributed by atoms with Gasteiger partial charge in [0.25, 0.3) is 0 Å². The van der Waals surface area contributed by atoms with E-state index in [1.807, 2.05) is 11.8 Å². The van der Waals surface area contributed by atoms with Gasteiger partial charge in [0.1, 0.15) is 0 Å². The number of fused-ring (bicyclic) bond motifs is 1. The van der Waals surface area contributed by atoms with Gasteiger partial charge in [-0.1, -0.05) is 48.0 Å². The molecular formula is C17H17NS. The van der Waals surface area contributed by atoms with Gasteiger partial charge in [0.05, 0.1) is 0 Å². The molecule has 1 heterocycles. The second-order valence-electron chi connectivity index (χ2n) is 4.90. The number of hydrogen-bond acceptors (Lipinski definition) is 1. The number of hydrogen-bond donors (Lipinski definition) is 0. The summed E-state index contributed by atoms with van der Waals surface area (Å²) in [6, 6.07) is 17.3. The van der Waals surface area contributed by atoms with Crippen LogP contribution in [0.2, 0.25) is 0 Å². The summed E-state index contributed by atoms with van der Waals surface area (Å²) in [6.07, 6.45) is 2.23. The van der Waals surface area contributed by atoms with Gasteiger partial charge in [-0.25, -0.2) is 0 Å². The van der Waals surface area contributed by atoms with Crippen molar-refractivity contribution in [1.82, 2.24) is 4.57 Å². The van der Waals surface area contributed by atoms with Crippen molar-refractivity contribution in [2.75, 3.05) is 0 Å². The zero-order chi connectivity index (χ0) is 13.2. The largest absolute Gasteiger partial charge is 0.349 e. The van der Waals surface area contributed by atoms with Gasteiger partial charge in [0, 0.05) is 34.8 Å². The number of nitrogens with zero attached hydrogens (tertiary/aromatic N) is 1. The standard InChI is InChI=1S/C17H17NS/c1-13-6-5-7-14(10-13)12-19-17-11-18(2)16-9-4-3-8-15(16)17/h3-11H,12H2,1-2H3. The summed E-state index contributed by atoms with van der Waals surface area (Å²) >= 11 is 1.91. The van der Waals surface area contributed by atoms with Crippen molar-refractivity contribution >= 4 is 22.7 Å². The van der Waals surface area contributed by atoms with E-state index in [1.165, 1.54) is 26.9 Å². The topological polar surface area (TPSA) is 4.93 Å². The van der Waals surface area contributed by atoms with Crippen molar-refractivity contribution in [1.29, 1.82) is 0 Å². The Morgan fingerprint density at radius 1 is 1.05 bits per heavy atom. The zero-order valence-electron chi connectivity index (χ0n) is 11.3. The Hall–Kier alpha value is -1.67. The first-order chi connectivity index (χ1) is 9.24. The van der Waals surface area contributed by atoms with E-state index >= 15 is 0 Å². The smallest absolute Gasteiger partial charge is 0.0489 e. The molecule has 1 nitrogen and oxygen atoms in total. The first kappa shape index (κ1) is 12.4. The molecule has 0 fully saturated rings. The Morgan fingerprint density at radius 2 is 1.89 bits per heavy atom. The number of benzene rings is 2. The van der Waals surface area contributed by atoms with Crippen molar-refractivity contribution in [2.45, 2.75) is 17.6 Å². The van der Waals surface area contributed by atoms with Gasteiger partial charge in [-0.15, -0.1) is 11.8 Å². The molecule has 19 heavy (non-hydrogen) atoms. The predicted octanol–water partition coefficient (Wildman–Crippen LogP) is 4.78. The van der Waals surface area contributed by atoms with E-state index in [9.17, 15) is 0 Å². The summed E-state index contributed by atoms with van der Waals surface area (Å²) in [5.74, 6) is 1.02. The minimum Gasteiger partial charge on any atom is -0.349 e. The summed E-state index contributed by atoms with van der Waals surface area (Å²) in [6.45, 7) is 2.14. The fourth-order valence-electron chi connectivity index (χ4n) is 2.38. The van der Waals surface area contributed by atoms with E-state index in [2.05, 4.69) is 73.3 Å². The van der Waals surface area contributed by atoms with Crippen LogP contribution in [0.3, 0.4) is 0 Å². The molecule has 3 rings (SSSR count). The number of thioether (sulfide) groups is 1. The van der Waals surface area contributed by atoms with Crippen LogP contribution >= 0.6 is 11.8 Å². The van der Waals surface area contributed by atoms with Crippen molar-refractivity contribution < 1.29 is 0 Å². The van der Waals surface area contributed by atoms with Crippen LogP contribution in [-0.2, 0) is 12.8 Å². The summed E-state index contributed by atoms with van der Waals surface area (Å²) in [5.41, 5.74) is 4.02. The van der Waals surface area contributed by atoms with Gasteiger partial charge in [-0.05, 0) is 18.6 Å². The highest BCUT2D eigenvalue weighted by Crippen LogP contribution is 2.31. The lowest BCUT2D eigenvalue weighted by atomic mass is 10.2. The van der Waals surface area contributed by atoms with Crippen LogP contribution in [0.5, 0.6) is 0 Å². The quantitative estimate of drug-likeness (QED) is 0.618. The van der Waals surface area contributed by atoms with Gasteiger partial charge >= 0.3 is 0 Å². The van der Waals surface area contributed by atoms with Crippen molar-refractivity contribution in [3.8, 4) is 0 Å². The molecule has 0 aliphatic heterocycles. The average Bonchev–Trinajstić information content (AvgIpc) is 2.74. The van der Waals surface area contributed by atoms with E-state index < -0.39 is 0 Å². The monoisotopic (exact) mass is 267 g/mol. The lowest BCUT2D eigenvalue weighted by Crippen LogP contribution is -1.82. The summed E-state index contributed by atoms with van der Waals surface area (Å²) in [7, 11) is 2.11. The van der Waals surface area contributed by atoms with E-state index in [1.54, 1.807) is 0 Å². The summed E-state index contributed by atoms with van der Waals surface area (Å²) in [5, 5.41) is 1.35. The number of aryl methyl sites for hydroxylation is 2. The highest BCUT2D eigenvalue weighted by Gasteiger charge is 2.06. The molecule has 0 saturated carbocycles. The second-order valence-corrected chi connectivity index (χ2v) is 5.92. The van der Waals surface area contributed by atoms with E-state index in [0.717, 1.165) is 5.75 Å². The van der Waals surface area contributed by atoms with Gasteiger partial charge < -0.3 is 4.57 Å². The highest BCUT2D eigenvalue weighted by atomic mass is 32.2. The summed E-state index contributed by atoms with van der Waals surface area (Å²) in [4.78, 5) is 1.36. The molecule has 0 radical (unpaired) electrons. The lowest BCUT2D eigenvalue weighted by Gasteiger charge is -2.02. The van der Waals surface area contributed by atoms with Crippen LogP contribution in [0.25, 0.3) is 10.9 Å². The highest BCUT2D eigenvalue weighted by molar-refractivity contribution is 7.98. The zero-order valence-corrected chi connectivity index (χ0v) is 12.1. The maximum absolute atomic E-state index is 2.26. The van der Waals surface area contributed by atoms with Crippen LogP contribution in [0.1, 0.15) is 11.1 Å². The third kappa shape index (κ3) is 2.54. The molecule has 0 aliphatic carbocycles. The minimum atomic E-state index is 1.02. The Morgan fingerprint density at radius 3 is 2.74 bits per heavy atom. The van der Waals surface area contributed by atoms with E-state index in [-0.39, 0.29) is 0 Å². The fourth-order valence-corrected chi connectivity index (χ4v) is 3.45. The fraction of sp³-hybridized carbons (Fsp3) is 0.176. The van der Waals surface area contributed by atoms with Crippen LogP contribution in [0.15, 0.2) is 59.6 Å². The SMILES string of the molecule is Cc1cccc(CSc2cn(C)c3ccccc23)c1. The molecule has 0 atom stereocenters. The molecule has 0 unspecified atom stereocenters. The normalized spacial score (nSPS) is 11.1. The third-order valence-electron chi connectivity index (χ3n) is 3.34. The average molecular weight is 267 g/mol. The van der Waals surface area contributed by atoms with Gasteiger partial charge in [-0.2, -0.15) is 0 Å². The molecule has 0 N–H and O–H groups in total. The van der Waals surface area contributed by atoms with E-state index in [4.69, 9.17) is 0 Å². The molecule has 0 aliphatic rings. The molecular weight excluding hydrogens is 250 g/mol. The first-order valence-electron chi connectivity index (χ1n) is 6.46. The third-order valence-corrected chi connectivity index (χ3v) is 4.45. The van der Waals surface area contributed by atoms with Crippen LogP contribution in [0.4, 0.5) is 0 Å². The van der Waals surface area contributed by atoms with Gasteiger partial charge in [-0.3, -0.25) is 0 Å². The Balaban J connectivity index is 1.86. The molecule has 2 heteroatoms.